The molecule has 1 aromatic carbocycles. The summed E-state index contributed by atoms with van der Waals surface area (Å²) >= 11 is 0. The van der Waals surface area contributed by atoms with Gasteiger partial charge in [-0.05, 0) is 19.5 Å². The minimum atomic E-state index is 0.250. The standard InChI is InChI=1S/C12H17NO/c1-9-12(11(8-14)13(9)2)10-6-4-3-5-7-10/h3-7,9,11-12,14H,8H2,1-2H3/t9-,11+,12+/m0/s1. The van der Waals surface area contributed by atoms with E-state index >= 15 is 0 Å². The molecule has 1 aliphatic heterocycles. The predicted molar refractivity (Wildman–Crippen MR) is 57.3 cm³/mol. The molecule has 0 amide bonds. The van der Waals surface area contributed by atoms with Gasteiger partial charge in [-0.1, -0.05) is 30.3 Å². The van der Waals surface area contributed by atoms with Crippen LogP contribution in [0.1, 0.15) is 18.4 Å². The number of likely N-dealkylation sites (tertiary alicyclic amines) is 1. The third kappa shape index (κ3) is 1.35. The highest BCUT2D eigenvalue weighted by molar-refractivity contribution is 5.26. The van der Waals surface area contributed by atoms with E-state index in [9.17, 15) is 5.11 Å². The first-order chi connectivity index (χ1) is 6.75. The maximum Gasteiger partial charge on any atom is 0.0593 e. The average Bonchev–Trinajstić information content (AvgIpc) is 2.25. The highest BCUT2D eigenvalue weighted by atomic mass is 16.3. The molecule has 2 rings (SSSR count). The maximum atomic E-state index is 9.26. The van der Waals surface area contributed by atoms with Gasteiger partial charge in [0.1, 0.15) is 0 Å². The Balaban J connectivity index is 2.19. The van der Waals surface area contributed by atoms with Gasteiger partial charge in [0.05, 0.1) is 6.61 Å². The van der Waals surface area contributed by atoms with Crippen molar-refractivity contribution in [2.75, 3.05) is 13.7 Å². The van der Waals surface area contributed by atoms with Crippen LogP contribution in [-0.2, 0) is 0 Å². The van der Waals surface area contributed by atoms with Gasteiger partial charge in [-0.15, -0.1) is 0 Å². The van der Waals surface area contributed by atoms with Gasteiger partial charge in [0, 0.05) is 18.0 Å². The topological polar surface area (TPSA) is 23.5 Å². The Morgan fingerprint density at radius 3 is 2.50 bits per heavy atom. The van der Waals surface area contributed by atoms with E-state index in [1.165, 1.54) is 5.56 Å². The average molecular weight is 191 g/mol. The lowest BCUT2D eigenvalue weighted by molar-refractivity contribution is -0.0122. The van der Waals surface area contributed by atoms with Crippen molar-refractivity contribution in [2.45, 2.75) is 24.9 Å². The number of hydrogen-bond acceptors (Lipinski definition) is 2. The Morgan fingerprint density at radius 2 is 1.93 bits per heavy atom. The van der Waals surface area contributed by atoms with Crippen LogP contribution < -0.4 is 0 Å². The van der Waals surface area contributed by atoms with Crippen molar-refractivity contribution in [3.05, 3.63) is 35.9 Å². The smallest absolute Gasteiger partial charge is 0.0593 e. The van der Waals surface area contributed by atoms with Crippen molar-refractivity contribution in [2.24, 2.45) is 0 Å². The van der Waals surface area contributed by atoms with E-state index in [1.54, 1.807) is 0 Å². The second-order valence-electron chi connectivity index (χ2n) is 4.09. The summed E-state index contributed by atoms with van der Waals surface area (Å²) in [5.41, 5.74) is 1.34. The quantitative estimate of drug-likeness (QED) is 0.765. The summed E-state index contributed by atoms with van der Waals surface area (Å²) in [5.74, 6) is 0.492. The molecule has 1 fully saturated rings. The Hall–Kier alpha value is -0.860. The first-order valence-corrected chi connectivity index (χ1v) is 5.13. The first-order valence-electron chi connectivity index (χ1n) is 5.13. The zero-order chi connectivity index (χ0) is 10.1. The van der Waals surface area contributed by atoms with Gasteiger partial charge in [-0.25, -0.2) is 0 Å². The van der Waals surface area contributed by atoms with Crippen LogP contribution in [0.2, 0.25) is 0 Å². The summed E-state index contributed by atoms with van der Waals surface area (Å²) < 4.78 is 0. The summed E-state index contributed by atoms with van der Waals surface area (Å²) in [5, 5.41) is 9.26. The lowest BCUT2D eigenvalue weighted by Crippen LogP contribution is -2.60. The van der Waals surface area contributed by atoms with Crippen LogP contribution in [0.3, 0.4) is 0 Å². The fourth-order valence-corrected chi connectivity index (χ4v) is 2.45. The fraction of sp³-hybridized carbons (Fsp3) is 0.500. The summed E-state index contributed by atoms with van der Waals surface area (Å²) in [7, 11) is 2.07. The molecule has 0 unspecified atom stereocenters. The SMILES string of the molecule is C[C@H]1[C@H](c2ccccc2)[C@@H](CO)N1C. The number of likely N-dealkylation sites (N-methyl/N-ethyl adjacent to an activating group) is 1. The largest absolute Gasteiger partial charge is 0.395 e. The second-order valence-corrected chi connectivity index (χ2v) is 4.09. The molecule has 0 radical (unpaired) electrons. The number of aliphatic hydroxyl groups excluding tert-OH is 1. The van der Waals surface area contributed by atoms with Gasteiger partial charge in [0.15, 0.2) is 0 Å². The lowest BCUT2D eigenvalue weighted by Gasteiger charge is -2.51. The molecule has 0 aromatic heterocycles. The molecule has 1 aliphatic rings. The molecule has 1 aromatic rings. The zero-order valence-corrected chi connectivity index (χ0v) is 8.72. The van der Waals surface area contributed by atoms with Crippen LogP contribution in [0, 0.1) is 0 Å². The predicted octanol–water partition coefficient (Wildman–Crippen LogP) is 1.47. The molecule has 0 bridgehead atoms. The Morgan fingerprint density at radius 1 is 1.29 bits per heavy atom. The molecule has 14 heavy (non-hydrogen) atoms. The third-order valence-corrected chi connectivity index (χ3v) is 3.47. The summed E-state index contributed by atoms with van der Waals surface area (Å²) in [4.78, 5) is 2.23. The number of rotatable bonds is 2. The maximum absolute atomic E-state index is 9.26. The Bertz CT molecular complexity index is 298. The summed E-state index contributed by atoms with van der Waals surface area (Å²) in [6.07, 6.45) is 0. The summed E-state index contributed by atoms with van der Waals surface area (Å²) in [6.45, 7) is 2.46. The van der Waals surface area contributed by atoms with E-state index in [-0.39, 0.29) is 6.61 Å². The Labute approximate surface area is 85.2 Å². The van der Waals surface area contributed by atoms with Crippen LogP contribution in [0.4, 0.5) is 0 Å². The van der Waals surface area contributed by atoms with Crippen molar-refractivity contribution in [3.8, 4) is 0 Å². The van der Waals surface area contributed by atoms with Crippen molar-refractivity contribution in [3.63, 3.8) is 0 Å². The molecule has 3 atom stereocenters. The van der Waals surface area contributed by atoms with E-state index in [0.29, 0.717) is 18.0 Å². The van der Waals surface area contributed by atoms with Crippen LogP contribution in [0.25, 0.3) is 0 Å². The van der Waals surface area contributed by atoms with Crippen LogP contribution in [0.15, 0.2) is 30.3 Å². The van der Waals surface area contributed by atoms with Crippen molar-refractivity contribution in [1.82, 2.24) is 4.90 Å². The van der Waals surface area contributed by atoms with Crippen molar-refractivity contribution < 1.29 is 5.11 Å². The second kappa shape index (κ2) is 3.71. The van der Waals surface area contributed by atoms with Crippen LogP contribution in [-0.4, -0.2) is 35.7 Å². The van der Waals surface area contributed by atoms with Gasteiger partial charge in [0.25, 0.3) is 0 Å². The molecule has 0 saturated carbocycles. The highest BCUT2D eigenvalue weighted by Crippen LogP contribution is 2.38. The molecule has 0 spiro atoms. The zero-order valence-electron chi connectivity index (χ0n) is 8.72. The number of hydrogen-bond donors (Lipinski definition) is 1. The Kier molecular flexibility index (Phi) is 2.57. The van der Waals surface area contributed by atoms with Gasteiger partial charge in [0.2, 0.25) is 0 Å². The normalized spacial score (nSPS) is 32.6. The molecule has 1 saturated heterocycles. The number of aliphatic hydroxyl groups is 1. The van der Waals surface area contributed by atoms with E-state index in [1.807, 2.05) is 6.07 Å². The first kappa shape index (κ1) is 9.69. The van der Waals surface area contributed by atoms with Crippen molar-refractivity contribution in [1.29, 1.82) is 0 Å². The monoisotopic (exact) mass is 191 g/mol. The number of benzene rings is 1. The molecular formula is C12H17NO. The molecule has 0 aliphatic carbocycles. The van der Waals surface area contributed by atoms with E-state index in [4.69, 9.17) is 0 Å². The third-order valence-electron chi connectivity index (χ3n) is 3.47. The number of nitrogens with zero attached hydrogens (tertiary/aromatic N) is 1. The van der Waals surface area contributed by atoms with Gasteiger partial charge in [-0.3, -0.25) is 4.90 Å². The molecule has 1 heterocycles. The summed E-state index contributed by atoms with van der Waals surface area (Å²) in [6, 6.07) is 11.3. The van der Waals surface area contributed by atoms with E-state index < -0.39 is 0 Å². The van der Waals surface area contributed by atoms with E-state index in [0.717, 1.165) is 0 Å². The molecule has 76 valence electrons. The van der Waals surface area contributed by atoms with Gasteiger partial charge >= 0.3 is 0 Å². The van der Waals surface area contributed by atoms with Gasteiger partial charge in [-0.2, -0.15) is 0 Å². The minimum absolute atomic E-state index is 0.250. The fourth-order valence-electron chi connectivity index (χ4n) is 2.45. The molecular weight excluding hydrogens is 174 g/mol. The van der Waals surface area contributed by atoms with Gasteiger partial charge < -0.3 is 5.11 Å². The lowest BCUT2D eigenvalue weighted by atomic mass is 9.77. The minimum Gasteiger partial charge on any atom is -0.395 e. The van der Waals surface area contributed by atoms with E-state index in [2.05, 4.69) is 43.1 Å². The van der Waals surface area contributed by atoms with Crippen LogP contribution in [0.5, 0.6) is 0 Å². The van der Waals surface area contributed by atoms with Crippen LogP contribution >= 0.6 is 0 Å². The molecule has 2 heteroatoms. The molecule has 1 N–H and O–H groups in total. The highest BCUT2D eigenvalue weighted by Gasteiger charge is 2.43. The molecule has 2 nitrogen and oxygen atoms in total. The van der Waals surface area contributed by atoms with Crippen molar-refractivity contribution >= 4 is 0 Å².